The Morgan fingerprint density at radius 1 is 1.22 bits per heavy atom. The van der Waals surface area contributed by atoms with Crippen LogP contribution >= 0.6 is 0 Å². The zero-order valence-electron chi connectivity index (χ0n) is 15.5. The third kappa shape index (κ3) is 3.59. The van der Waals surface area contributed by atoms with E-state index in [0.29, 0.717) is 0 Å². The Morgan fingerprint density at radius 3 is 2.70 bits per heavy atom. The predicted molar refractivity (Wildman–Crippen MR) is 103 cm³/mol. The van der Waals surface area contributed by atoms with Crippen LogP contribution in [0.5, 0.6) is 0 Å². The van der Waals surface area contributed by atoms with E-state index in [1.54, 1.807) is 7.05 Å². The van der Waals surface area contributed by atoms with E-state index >= 15 is 0 Å². The molecule has 2 heterocycles. The molecule has 2 aromatic heterocycles. The van der Waals surface area contributed by atoms with E-state index in [0.717, 1.165) is 28.0 Å². The van der Waals surface area contributed by atoms with Crippen molar-refractivity contribution in [3.05, 3.63) is 68.8 Å². The van der Waals surface area contributed by atoms with E-state index < -0.39 is 11.2 Å². The summed E-state index contributed by atoms with van der Waals surface area (Å²) in [5.74, 6) is 0.416. The molecule has 0 saturated heterocycles. The highest BCUT2D eigenvalue weighted by atomic mass is 16.2. The Morgan fingerprint density at radius 2 is 1.96 bits per heavy atom. The van der Waals surface area contributed by atoms with Crippen LogP contribution in [0.15, 0.2) is 46.1 Å². The number of aryl methyl sites for hydroxylation is 2. The molecule has 3 rings (SSSR count). The lowest BCUT2D eigenvalue weighted by molar-refractivity contribution is -0.116. The Labute approximate surface area is 155 Å². The molecule has 3 aromatic rings. The molecule has 0 atom stereocenters. The molecule has 0 bridgehead atoms. The van der Waals surface area contributed by atoms with Gasteiger partial charge in [-0.1, -0.05) is 12.1 Å². The SMILES string of the molecule is CCn1c(CNC(=O)/C=C/c2cn(C)c(=O)n(C)c2=O)nc2ccccc21. The summed E-state index contributed by atoms with van der Waals surface area (Å²) in [5, 5.41) is 2.78. The molecule has 8 nitrogen and oxygen atoms in total. The number of carbonyl (C=O) groups is 1. The van der Waals surface area contributed by atoms with E-state index in [-0.39, 0.29) is 18.0 Å². The van der Waals surface area contributed by atoms with Gasteiger partial charge in [-0.15, -0.1) is 0 Å². The van der Waals surface area contributed by atoms with Gasteiger partial charge in [0.1, 0.15) is 5.82 Å². The fourth-order valence-electron chi connectivity index (χ4n) is 2.95. The third-order valence-electron chi connectivity index (χ3n) is 4.36. The van der Waals surface area contributed by atoms with Gasteiger partial charge in [0.25, 0.3) is 5.56 Å². The van der Waals surface area contributed by atoms with Gasteiger partial charge >= 0.3 is 5.69 Å². The van der Waals surface area contributed by atoms with Gasteiger partial charge in [0.05, 0.1) is 23.1 Å². The largest absolute Gasteiger partial charge is 0.345 e. The number of hydrogen-bond donors (Lipinski definition) is 1. The lowest BCUT2D eigenvalue weighted by Crippen LogP contribution is -2.37. The first kappa shape index (κ1) is 18.4. The lowest BCUT2D eigenvalue weighted by Gasteiger charge is -2.06. The van der Waals surface area contributed by atoms with Gasteiger partial charge in [0.15, 0.2) is 0 Å². The summed E-state index contributed by atoms with van der Waals surface area (Å²) in [6.07, 6.45) is 4.09. The fourth-order valence-corrected chi connectivity index (χ4v) is 2.95. The first-order chi connectivity index (χ1) is 12.9. The van der Waals surface area contributed by atoms with Crippen molar-refractivity contribution in [1.82, 2.24) is 24.0 Å². The van der Waals surface area contributed by atoms with E-state index in [9.17, 15) is 14.4 Å². The number of hydrogen-bond acceptors (Lipinski definition) is 4. The van der Waals surface area contributed by atoms with Crippen molar-refractivity contribution < 1.29 is 4.79 Å². The van der Waals surface area contributed by atoms with Crippen molar-refractivity contribution in [2.24, 2.45) is 14.1 Å². The van der Waals surface area contributed by atoms with E-state index in [1.165, 1.54) is 30.0 Å². The first-order valence-electron chi connectivity index (χ1n) is 8.59. The zero-order chi connectivity index (χ0) is 19.6. The van der Waals surface area contributed by atoms with Crippen molar-refractivity contribution in [1.29, 1.82) is 0 Å². The van der Waals surface area contributed by atoms with Crippen LogP contribution < -0.4 is 16.6 Å². The summed E-state index contributed by atoms with van der Waals surface area (Å²) in [7, 11) is 2.95. The van der Waals surface area contributed by atoms with E-state index in [2.05, 4.69) is 10.3 Å². The molecule has 1 amide bonds. The maximum atomic E-state index is 12.1. The molecule has 8 heteroatoms. The molecular weight excluding hydrogens is 346 g/mol. The van der Waals surface area contributed by atoms with Crippen LogP contribution in [-0.2, 0) is 32.0 Å². The second-order valence-electron chi connectivity index (χ2n) is 6.15. The lowest BCUT2D eigenvalue weighted by atomic mass is 10.3. The molecule has 1 N–H and O–H groups in total. The molecule has 140 valence electrons. The number of amides is 1. The van der Waals surface area contributed by atoms with Gasteiger partial charge in [-0.25, -0.2) is 9.78 Å². The molecule has 0 saturated carbocycles. The number of nitrogens with one attached hydrogen (secondary N) is 1. The molecule has 0 aliphatic rings. The van der Waals surface area contributed by atoms with Crippen molar-refractivity contribution in [3.63, 3.8) is 0 Å². The molecule has 1 aromatic carbocycles. The zero-order valence-corrected chi connectivity index (χ0v) is 15.5. The maximum absolute atomic E-state index is 12.1. The van der Waals surface area contributed by atoms with Crippen LogP contribution in [0.2, 0.25) is 0 Å². The molecular formula is C19H21N5O3. The molecule has 0 radical (unpaired) electrons. The molecule has 27 heavy (non-hydrogen) atoms. The van der Waals surface area contributed by atoms with Crippen LogP contribution in [0.25, 0.3) is 17.1 Å². The van der Waals surface area contributed by atoms with Crippen molar-refractivity contribution >= 4 is 23.0 Å². The highest BCUT2D eigenvalue weighted by Gasteiger charge is 2.10. The molecule has 0 fully saturated rings. The van der Waals surface area contributed by atoms with Gasteiger partial charge in [0.2, 0.25) is 5.91 Å². The molecule has 0 spiro atoms. The number of aromatic nitrogens is 4. The summed E-state index contributed by atoms with van der Waals surface area (Å²) in [6.45, 7) is 3.04. The average molecular weight is 367 g/mol. The molecule has 0 unspecified atom stereocenters. The second kappa shape index (κ2) is 7.45. The van der Waals surface area contributed by atoms with E-state index in [4.69, 9.17) is 0 Å². The number of nitrogens with zero attached hydrogens (tertiary/aromatic N) is 4. The smallest absolute Gasteiger partial charge is 0.330 e. The normalized spacial score (nSPS) is 11.4. The first-order valence-corrected chi connectivity index (χ1v) is 8.59. The van der Waals surface area contributed by atoms with Crippen LogP contribution in [0.1, 0.15) is 18.3 Å². The summed E-state index contributed by atoms with van der Waals surface area (Å²) in [4.78, 5) is 40.5. The van der Waals surface area contributed by atoms with Gasteiger partial charge in [0, 0.05) is 32.9 Å². The van der Waals surface area contributed by atoms with Crippen LogP contribution in [-0.4, -0.2) is 24.6 Å². The third-order valence-corrected chi connectivity index (χ3v) is 4.36. The van der Waals surface area contributed by atoms with Gasteiger partial charge < -0.3 is 14.5 Å². The number of benzene rings is 1. The van der Waals surface area contributed by atoms with Gasteiger partial charge in [-0.05, 0) is 25.1 Å². The Kier molecular flexibility index (Phi) is 5.07. The Balaban J connectivity index is 1.75. The minimum absolute atomic E-state index is 0.260. The summed E-state index contributed by atoms with van der Waals surface area (Å²) in [6, 6.07) is 7.80. The topological polar surface area (TPSA) is 90.9 Å². The highest BCUT2D eigenvalue weighted by Crippen LogP contribution is 2.15. The van der Waals surface area contributed by atoms with E-state index in [1.807, 2.05) is 35.8 Å². The number of carbonyl (C=O) groups excluding carboxylic acids is 1. The Bertz CT molecular complexity index is 1150. The molecule has 0 aliphatic carbocycles. The average Bonchev–Trinajstić information content (AvgIpc) is 3.03. The maximum Gasteiger partial charge on any atom is 0.330 e. The number of fused-ring (bicyclic) bond motifs is 1. The minimum Gasteiger partial charge on any atom is -0.345 e. The summed E-state index contributed by atoms with van der Waals surface area (Å²) >= 11 is 0. The highest BCUT2D eigenvalue weighted by molar-refractivity contribution is 5.91. The Hall–Kier alpha value is -3.42. The summed E-state index contributed by atoms with van der Waals surface area (Å²) < 4.78 is 4.34. The predicted octanol–water partition coefficient (Wildman–Crippen LogP) is 0.783. The van der Waals surface area contributed by atoms with Crippen molar-refractivity contribution in [2.75, 3.05) is 0 Å². The monoisotopic (exact) mass is 367 g/mol. The minimum atomic E-state index is -0.449. The standard InChI is InChI=1S/C19H21N5O3/c1-4-24-15-8-6-5-7-14(15)21-16(24)11-20-17(25)10-9-13-12-22(2)19(27)23(3)18(13)26/h5-10,12H,4,11H2,1-3H3,(H,20,25)/b10-9+. The molecule has 0 aliphatic heterocycles. The van der Waals surface area contributed by atoms with Crippen LogP contribution in [0.4, 0.5) is 0 Å². The number of para-hydroxylation sites is 2. The number of rotatable bonds is 5. The van der Waals surface area contributed by atoms with Crippen molar-refractivity contribution in [3.8, 4) is 0 Å². The summed E-state index contributed by atoms with van der Waals surface area (Å²) in [5.41, 5.74) is 1.30. The van der Waals surface area contributed by atoms with Crippen molar-refractivity contribution in [2.45, 2.75) is 20.0 Å². The van der Waals surface area contributed by atoms with Crippen LogP contribution in [0.3, 0.4) is 0 Å². The van der Waals surface area contributed by atoms with Crippen LogP contribution in [0, 0.1) is 0 Å². The van der Waals surface area contributed by atoms with Gasteiger partial charge in [-0.3, -0.25) is 14.2 Å². The quantitative estimate of drug-likeness (QED) is 0.675. The second-order valence-corrected chi connectivity index (χ2v) is 6.15. The number of imidazole rings is 1. The fraction of sp³-hybridized carbons (Fsp3) is 0.263. The van der Waals surface area contributed by atoms with Gasteiger partial charge in [-0.2, -0.15) is 0 Å².